The molecule has 10 heteroatoms. The van der Waals surface area contributed by atoms with Gasteiger partial charge in [-0.3, -0.25) is 4.99 Å². The van der Waals surface area contributed by atoms with Gasteiger partial charge in [-0.05, 0) is 31.9 Å². The minimum absolute atomic E-state index is 0. The number of nitrogens with zero attached hydrogens (tertiary/aromatic N) is 2. The molecule has 0 saturated carbocycles. The van der Waals surface area contributed by atoms with Gasteiger partial charge in [0, 0.05) is 51.3 Å². The third-order valence-corrected chi connectivity index (χ3v) is 7.45. The van der Waals surface area contributed by atoms with Crippen LogP contribution in [0, 0.1) is 0 Å². The molecule has 0 aromatic carbocycles. The van der Waals surface area contributed by atoms with Crippen LogP contribution in [0.25, 0.3) is 0 Å². The van der Waals surface area contributed by atoms with Crippen molar-refractivity contribution in [3.8, 4) is 0 Å². The number of nitrogens with one attached hydrogen (secondary N) is 2. The quantitative estimate of drug-likeness (QED) is 0.187. The number of thiophene rings is 1. The third-order valence-electron chi connectivity index (χ3n) is 3.79. The normalized spacial score (nSPS) is 12.1. The maximum absolute atomic E-state index is 12.5. The van der Waals surface area contributed by atoms with Crippen molar-refractivity contribution in [2.24, 2.45) is 4.99 Å². The lowest BCUT2D eigenvalue weighted by atomic mass is 10.3. The Hall–Kier alpha value is -0.430. The van der Waals surface area contributed by atoms with Gasteiger partial charge >= 0.3 is 0 Å². The van der Waals surface area contributed by atoms with Gasteiger partial charge in [0.2, 0.25) is 0 Å². The van der Waals surface area contributed by atoms with Gasteiger partial charge in [-0.15, -0.1) is 35.3 Å². The third kappa shape index (κ3) is 9.07. The van der Waals surface area contributed by atoms with Gasteiger partial charge in [-0.25, -0.2) is 8.42 Å². The first-order valence-electron chi connectivity index (χ1n) is 9.10. The first-order valence-corrected chi connectivity index (χ1v) is 11.4. The predicted octanol–water partition coefficient (Wildman–Crippen LogP) is 2.53. The van der Waals surface area contributed by atoms with Crippen molar-refractivity contribution in [3.05, 3.63) is 17.0 Å². The van der Waals surface area contributed by atoms with Gasteiger partial charge in [0.05, 0.1) is 0 Å². The first-order chi connectivity index (χ1) is 12.5. The summed E-state index contributed by atoms with van der Waals surface area (Å²) in [5.74, 6) is 0.744. The van der Waals surface area contributed by atoms with Crippen molar-refractivity contribution >= 4 is 51.3 Å². The van der Waals surface area contributed by atoms with Crippen molar-refractivity contribution < 1.29 is 13.2 Å². The Bertz CT molecular complexity index is 646. The van der Waals surface area contributed by atoms with E-state index in [1.165, 1.54) is 15.6 Å². The number of sulfonamides is 1. The second-order valence-electron chi connectivity index (χ2n) is 5.54. The highest BCUT2D eigenvalue weighted by molar-refractivity contribution is 14.0. The molecular weight excluding hydrogens is 499 g/mol. The van der Waals surface area contributed by atoms with E-state index in [4.69, 9.17) is 4.74 Å². The summed E-state index contributed by atoms with van der Waals surface area (Å²) in [6, 6.07) is 3.59. The summed E-state index contributed by atoms with van der Waals surface area (Å²) < 4.78 is 32.2. The molecule has 0 aliphatic heterocycles. The lowest BCUT2D eigenvalue weighted by Gasteiger charge is -2.16. The number of ether oxygens (including phenoxy) is 1. The maximum atomic E-state index is 12.5. The minimum atomic E-state index is -3.36. The molecule has 158 valence electrons. The van der Waals surface area contributed by atoms with Crippen LogP contribution < -0.4 is 10.6 Å². The maximum Gasteiger partial charge on any atom is 0.252 e. The summed E-state index contributed by atoms with van der Waals surface area (Å²) in [4.78, 5) is 5.22. The molecule has 1 aromatic rings. The van der Waals surface area contributed by atoms with E-state index in [0.717, 1.165) is 43.4 Å². The van der Waals surface area contributed by atoms with Crippen molar-refractivity contribution in [1.82, 2.24) is 14.9 Å². The van der Waals surface area contributed by atoms with E-state index >= 15 is 0 Å². The summed E-state index contributed by atoms with van der Waals surface area (Å²) in [6.07, 6.45) is 1.67. The highest BCUT2D eigenvalue weighted by atomic mass is 127. The Labute approximate surface area is 185 Å². The molecular formula is C17H33IN4O3S2. The van der Waals surface area contributed by atoms with Crippen LogP contribution in [-0.4, -0.2) is 65.1 Å². The van der Waals surface area contributed by atoms with E-state index in [1.807, 2.05) is 26.8 Å². The second kappa shape index (κ2) is 14.6. The highest BCUT2D eigenvalue weighted by Crippen LogP contribution is 2.25. The monoisotopic (exact) mass is 532 g/mol. The van der Waals surface area contributed by atoms with E-state index in [1.54, 1.807) is 13.1 Å². The minimum Gasteiger partial charge on any atom is -0.382 e. The zero-order valence-electron chi connectivity index (χ0n) is 16.7. The van der Waals surface area contributed by atoms with Gasteiger partial charge < -0.3 is 15.4 Å². The number of hydrogen-bond acceptors (Lipinski definition) is 5. The molecule has 0 saturated heterocycles. The topological polar surface area (TPSA) is 83.0 Å². The van der Waals surface area contributed by atoms with Crippen LogP contribution in [-0.2, 0) is 21.2 Å². The molecule has 1 aromatic heterocycles. The van der Waals surface area contributed by atoms with E-state index < -0.39 is 10.0 Å². The zero-order valence-corrected chi connectivity index (χ0v) is 20.6. The van der Waals surface area contributed by atoms with Crippen LogP contribution in [0.5, 0.6) is 0 Å². The molecule has 0 radical (unpaired) electrons. The molecule has 1 rings (SSSR count). The van der Waals surface area contributed by atoms with Crippen LogP contribution in [0.15, 0.2) is 21.3 Å². The van der Waals surface area contributed by atoms with E-state index in [-0.39, 0.29) is 24.0 Å². The lowest BCUT2D eigenvalue weighted by molar-refractivity contribution is 0.145. The Morgan fingerprint density at radius 2 is 1.85 bits per heavy atom. The number of aliphatic imine (C=N–C) groups is 1. The van der Waals surface area contributed by atoms with Gasteiger partial charge in [-0.2, -0.15) is 4.31 Å². The number of rotatable bonds is 12. The van der Waals surface area contributed by atoms with E-state index in [2.05, 4.69) is 15.6 Å². The summed E-state index contributed by atoms with van der Waals surface area (Å²) in [7, 11) is -1.63. The molecule has 7 nitrogen and oxygen atoms in total. The SMILES string of the molecule is CCOCCCNC(=NC)NCCc1ccc(S(=O)(=O)N(CC)CC)s1.I. The number of hydrogen-bond donors (Lipinski definition) is 2. The molecule has 1 heterocycles. The fraction of sp³-hybridized carbons (Fsp3) is 0.706. The number of guanidine groups is 1. The van der Waals surface area contributed by atoms with Crippen molar-refractivity contribution in [3.63, 3.8) is 0 Å². The molecule has 0 amide bonds. The predicted molar refractivity (Wildman–Crippen MR) is 124 cm³/mol. The van der Waals surface area contributed by atoms with Crippen molar-refractivity contribution in [1.29, 1.82) is 0 Å². The van der Waals surface area contributed by atoms with Crippen molar-refractivity contribution in [2.75, 3.05) is 46.4 Å². The largest absolute Gasteiger partial charge is 0.382 e. The molecule has 0 spiro atoms. The molecule has 0 bridgehead atoms. The van der Waals surface area contributed by atoms with Gasteiger partial charge in [0.25, 0.3) is 10.0 Å². The van der Waals surface area contributed by atoms with Gasteiger partial charge in [0.1, 0.15) is 4.21 Å². The molecule has 0 unspecified atom stereocenters. The van der Waals surface area contributed by atoms with Crippen LogP contribution in [0.1, 0.15) is 32.1 Å². The van der Waals surface area contributed by atoms with Crippen LogP contribution >= 0.6 is 35.3 Å². The Kier molecular flexibility index (Phi) is 14.3. The Morgan fingerprint density at radius 3 is 2.44 bits per heavy atom. The summed E-state index contributed by atoms with van der Waals surface area (Å²) in [5.41, 5.74) is 0. The fourth-order valence-corrected chi connectivity index (χ4v) is 5.34. The van der Waals surface area contributed by atoms with Gasteiger partial charge in [-0.1, -0.05) is 13.8 Å². The summed E-state index contributed by atoms with van der Waals surface area (Å²) in [5, 5.41) is 6.48. The molecule has 27 heavy (non-hydrogen) atoms. The molecule has 0 fully saturated rings. The van der Waals surface area contributed by atoms with Crippen LogP contribution in [0.4, 0.5) is 0 Å². The average Bonchev–Trinajstić information content (AvgIpc) is 3.10. The zero-order chi connectivity index (χ0) is 19.4. The highest BCUT2D eigenvalue weighted by Gasteiger charge is 2.23. The van der Waals surface area contributed by atoms with E-state index in [9.17, 15) is 8.42 Å². The summed E-state index contributed by atoms with van der Waals surface area (Å²) >= 11 is 1.34. The molecule has 0 atom stereocenters. The molecule has 0 aliphatic carbocycles. The van der Waals surface area contributed by atoms with Crippen LogP contribution in [0.2, 0.25) is 0 Å². The van der Waals surface area contributed by atoms with Gasteiger partial charge in [0.15, 0.2) is 5.96 Å². The Balaban J connectivity index is 0.00000676. The van der Waals surface area contributed by atoms with Crippen LogP contribution in [0.3, 0.4) is 0 Å². The van der Waals surface area contributed by atoms with Crippen molar-refractivity contribution in [2.45, 2.75) is 37.8 Å². The number of halogens is 1. The summed E-state index contributed by atoms with van der Waals surface area (Å²) in [6.45, 7) is 9.62. The standard InChI is InChI=1S/C17H32N4O3S2.HI/c1-5-21(6-2)26(22,23)16-10-9-15(25-16)11-13-20-17(18-4)19-12-8-14-24-7-3;/h9-10H,5-8,11-14H2,1-4H3,(H2,18,19,20);1H. The fourth-order valence-electron chi connectivity index (χ4n) is 2.37. The first kappa shape index (κ1) is 26.6. The molecule has 2 N–H and O–H groups in total. The second-order valence-corrected chi connectivity index (χ2v) is 8.87. The Morgan fingerprint density at radius 1 is 1.19 bits per heavy atom. The smallest absolute Gasteiger partial charge is 0.252 e. The molecule has 0 aliphatic rings. The average molecular weight is 533 g/mol. The lowest BCUT2D eigenvalue weighted by Crippen LogP contribution is -2.38. The van der Waals surface area contributed by atoms with E-state index in [0.29, 0.717) is 23.8 Å².